The van der Waals surface area contributed by atoms with E-state index >= 15 is 0 Å². The lowest BCUT2D eigenvalue weighted by Gasteiger charge is -2.17. The van der Waals surface area contributed by atoms with E-state index in [9.17, 15) is 14.4 Å². The van der Waals surface area contributed by atoms with Crippen LogP contribution in [0, 0.1) is 6.92 Å². The summed E-state index contributed by atoms with van der Waals surface area (Å²) in [7, 11) is 1.25. The van der Waals surface area contributed by atoms with Gasteiger partial charge in [0.25, 0.3) is 0 Å². The van der Waals surface area contributed by atoms with Crippen LogP contribution in [0.2, 0.25) is 0 Å². The molecule has 0 aliphatic heterocycles. The Morgan fingerprint density at radius 3 is 2.04 bits per heavy atom. The van der Waals surface area contributed by atoms with Crippen LogP contribution in [0.4, 0.5) is 0 Å². The van der Waals surface area contributed by atoms with Crippen molar-refractivity contribution in [1.82, 2.24) is 9.97 Å². The molecule has 0 radical (unpaired) electrons. The summed E-state index contributed by atoms with van der Waals surface area (Å²) >= 11 is 0. The standard InChI is InChI=1S/C20H22N2O6/c1-5-27-19(24)15(20(25)28-6-2)17-21-12(3)14(18(23)26-4)16(22-17)13-10-8-7-9-11-13/h7-11,15H,5-6H2,1-4H3. The van der Waals surface area contributed by atoms with Gasteiger partial charge in [-0.05, 0) is 20.8 Å². The molecule has 2 rings (SSSR count). The molecular formula is C20H22N2O6. The molecule has 0 aliphatic carbocycles. The van der Waals surface area contributed by atoms with Gasteiger partial charge < -0.3 is 14.2 Å². The molecule has 0 unspecified atom stereocenters. The molecular weight excluding hydrogens is 364 g/mol. The molecule has 1 heterocycles. The Morgan fingerprint density at radius 1 is 0.964 bits per heavy atom. The molecule has 8 heteroatoms. The molecule has 0 N–H and O–H groups in total. The zero-order valence-electron chi connectivity index (χ0n) is 16.2. The maximum Gasteiger partial charge on any atom is 0.341 e. The molecule has 2 aromatic rings. The van der Waals surface area contributed by atoms with Crippen LogP contribution in [0.3, 0.4) is 0 Å². The van der Waals surface area contributed by atoms with Gasteiger partial charge >= 0.3 is 17.9 Å². The van der Waals surface area contributed by atoms with E-state index in [0.717, 1.165) is 0 Å². The molecule has 0 aliphatic rings. The van der Waals surface area contributed by atoms with Gasteiger partial charge in [0.1, 0.15) is 5.56 Å². The maximum absolute atomic E-state index is 12.4. The zero-order chi connectivity index (χ0) is 20.7. The number of hydrogen-bond acceptors (Lipinski definition) is 8. The monoisotopic (exact) mass is 386 g/mol. The second kappa shape index (κ2) is 9.59. The molecule has 8 nitrogen and oxygen atoms in total. The fourth-order valence-electron chi connectivity index (χ4n) is 2.63. The number of ether oxygens (including phenoxy) is 3. The van der Waals surface area contributed by atoms with Crippen molar-refractivity contribution in [3.8, 4) is 11.3 Å². The van der Waals surface area contributed by atoms with E-state index in [0.29, 0.717) is 5.56 Å². The number of aromatic nitrogens is 2. The Morgan fingerprint density at radius 2 is 1.54 bits per heavy atom. The van der Waals surface area contributed by atoms with Crippen LogP contribution >= 0.6 is 0 Å². The first-order chi connectivity index (χ1) is 13.4. The number of esters is 3. The van der Waals surface area contributed by atoms with Crippen LogP contribution < -0.4 is 0 Å². The first-order valence-corrected chi connectivity index (χ1v) is 8.80. The molecule has 0 fully saturated rings. The minimum absolute atomic E-state index is 0.0828. The summed E-state index contributed by atoms with van der Waals surface area (Å²) in [5.74, 6) is -3.80. The SMILES string of the molecule is CCOC(=O)C(C(=O)OCC)c1nc(C)c(C(=O)OC)c(-c2ccccc2)n1. The topological polar surface area (TPSA) is 105 Å². The molecule has 1 aromatic heterocycles. The zero-order valence-corrected chi connectivity index (χ0v) is 16.2. The van der Waals surface area contributed by atoms with Gasteiger partial charge in [0.2, 0.25) is 5.92 Å². The quantitative estimate of drug-likeness (QED) is 0.406. The third-order valence-electron chi connectivity index (χ3n) is 3.85. The van der Waals surface area contributed by atoms with E-state index in [1.807, 2.05) is 6.07 Å². The predicted octanol–water partition coefficient (Wildman–Crippen LogP) is 2.45. The highest BCUT2D eigenvalue weighted by Crippen LogP contribution is 2.27. The smallest absolute Gasteiger partial charge is 0.341 e. The van der Waals surface area contributed by atoms with Crippen molar-refractivity contribution in [2.45, 2.75) is 26.7 Å². The van der Waals surface area contributed by atoms with Crippen LogP contribution in [0.1, 0.15) is 41.6 Å². The number of carbonyl (C=O) groups excluding carboxylic acids is 3. The third-order valence-corrected chi connectivity index (χ3v) is 3.85. The number of carbonyl (C=O) groups is 3. The molecule has 0 spiro atoms. The minimum atomic E-state index is -1.45. The molecule has 28 heavy (non-hydrogen) atoms. The predicted molar refractivity (Wildman–Crippen MR) is 99.6 cm³/mol. The molecule has 0 atom stereocenters. The second-order valence-electron chi connectivity index (χ2n) is 5.69. The van der Waals surface area contributed by atoms with Crippen molar-refractivity contribution in [3.05, 3.63) is 47.4 Å². The number of nitrogens with zero attached hydrogens (tertiary/aromatic N) is 2. The van der Waals surface area contributed by atoms with Crippen molar-refractivity contribution in [2.75, 3.05) is 20.3 Å². The van der Waals surface area contributed by atoms with Crippen LogP contribution in [-0.4, -0.2) is 48.2 Å². The molecule has 1 aromatic carbocycles. The van der Waals surface area contributed by atoms with E-state index in [1.165, 1.54) is 7.11 Å². The molecule has 0 bridgehead atoms. The Kier molecular flexibility index (Phi) is 7.20. The van der Waals surface area contributed by atoms with Gasteiger partial charge in [-0.3, -0.25) is 9.59 Å². The van der Waals surface area contributed by atoms with E-state index in [4.69, 9.17) is 14.2 Å². The van der Waals surface area contributed by atoms with E-state index < -0.39 is 23.8 Å². The largest absolute Gasteiger partial charge is 0.465 e. The Labute approximate surface area is 162 Å². The number of hydrogen-bond donors (Lipinski definition) is 0. The Bertz CT molecular complexity index is 848. The van der Waals surface area contributed by atoms with Crippen molar-refractivity contribution < 1.29 is 28.6 Å². The lowest BCUT2D eigenvalue weighted by Crippen LogP contribution is -2.29. The molecule has 0 amide bonds. The summed E-state index contributed by atoms with van der Waals surface area (Å²) in [6, 6.07) is 8.88. The molecule has 148 valence electrons. The van der Waals surface area contributed by atoms with Gasteiger partial charge in [0.15, 0.2) is 5.82 Å². The van der Waals surface area contributed by atoms with Crippen molar-refractivity contribution in [2.24, 2.45) is 0 Å². The highest BCUT2D eigenvalue weighted by Gasteiger charge is 2.36. The van der Waals surface area contributed by atoms with Crippen LogP contribution in [0.5, 0.6) is 0 Å². The molecule has 0 saturated carbocycles. The average molecular weight is 386 g/mol. The number of methoxy groups -OCH3 is 1. The summed E-state index contributed by atoms with van der Waals surface area (Å²) in [5.41, 5.74) is 1.30. The lowest BCUT2D eigenvalue weighted by molar-refractivity contribution is -0.157. The Hall–Kier alpha value is -3.29. The number of rotatable bonds is 7. The van der Waals surface area contributed by atoms with Crippen LogP contribution in [0.25, 0.3) is 11.3 Å². The summed E-state index contributed by atoms with van der Waals surface area (Å²) in [5, 5.41) is 0. The lowest BCUT2D eigenvalue weighted by atomic mass is 10.0. The van der Waals surface area contributed by atoms with Crippen molar-refractivity contribution in [1.29, 1.82) is 0 Å². The van der Waals surface area contributed by atoms with Crippen molar-refractivity contribution in [3.63, 3.8) is 0 Å². The summed E-state index contributed by atoms with van der Waals surface area (Å²) in [4.78, 5) is 45.7. The van der Waals surface area contributed by atoms with Crippen molar-refractivity contribution >= 4 is 17.9 Å². The van der Waals surface area contributed by atoms with Gasteiger partial charge in [-0.2, -0.15) is 0 Å². The van der Waals surface area contributed by atoms with E-state index in [2.05, 4.69) is 9.97 Å². The van der Waals surface area contributed by atoms with Crippen LogP contribution in [-0.2, 0) is 23.8 Å². The summed E-state index contributed by atoms with van der Waals surface area (Å²) in [6.45, 7) is 5.00. The van der Waals surface area contributed by atoms with E-state index in [1.54, 1.807) is 45.0 Å². The van der Waals surface area contributed by atoms with Crippen LogP contribution in [0.15, 0.2) is 30.3 Å². The fraction of sp³-hybridized carbons (Fsp3) is 0.350. The summed E-state index contributed by atoms with van der Waals surface area (Å²) in [6.07, 6.45) is 0. The van der Waals surface area contributed by atoms with Gasteiger partial charge in [-0.15, -0.1) is 0 Å². The minimum Gasteiger partial charge on any atom is -0.465 e. The fourth-order valence-corrected chi connectivity index (χ4v) is 2.63. The number of aryl methyl sites for hydroxylation is 1. The maximum atomic E-state index is 12.4. The summed E-state index contributed by atoms with van der Waals surface area (Å²) < 4.78 is 14.8. The van der Waals surface area contributed by atoms with Gasteiger partial charge in [-0.25, -0.2) is 14.8 Å². The first kappa shape index (κ1) is 21.0. The molecule has 0 saturated heterocycles. The highest BCUT2D eigenvalue weighted by atomic mass is 16.6. The third kappa shape index (κ3) is 4.51. The second-order valence-corrected chi connectivity index (χ2v) is 5.69. The Balaban J connectivity index is 2.69. The van der Waals surface area contributed by atoms with Gasteiger partial charge in [-0.1, -0.05) is 30.3 Å². The van der Waals surface area contributed by atoms with Gasteiger partial charge in [0, 0.05) is 5.56 Å². The van der Waals surface area contributed by atoms with Gasteiger partial charge in [0.05, 0.1) is 31.7 Å². The average Bonchev–Trinajstić information content (AvgIpc) is 2.68. The highest BCUT2D eigenvalue weighted by molar-refractivity contribution is 6.01. The number of benzene rings is 1. The van der Waals surface area contributed by atoms with E-state index in [-0.39, 0.29) is 36.0 Å². The first-order valence-electron chi connectivity index (χ1n) is 8.80. The normalized spacial score (nSPS) is 10.5.